The van der Waals surface area contributed by atoms with Crippen molar-refractivity contribution in [2.75, 3.05) is 20.1 Å². The maximum atomic E-state index is 10.8. The molecule has 0 saturated carbocycles. The first-order chi connectivity index (χ1) is 11.9. The molecule has 0 aromatic heterocycles. The zero-order valence-corrected chi connectivity index (χ0v) is 15.7. The number of rotatable bonds is 9. The molecule has 3 nitrogen and oxygen atoms in total. The minimum atomic E-state index is -0.803. The molecule has 1 aromatic rings. The number of benzene rings is 1. The lowest BCUT2D eigenvalue weighted by molar-refractivity contribution is -0.137. The number of likely N-dealkylation sites (N-methyl/N-ethyl adjacent to an activating group) is 1. The van der Waals surface area contributed by atoms with Crippen molar-refractivity contribution in [3.8, 4) is 0 Å². The van der Waals surface area contributed by atoms with E-state index in [2.05, 4.69) is 44.7 Å². The molecule has 134 valence electrons. The van der Waals surface area contributed by atoms with Crippen molar-refractivity contribution in [3.63, 3.8) is 0 Å². The Morgan fingerprint density at radius 1 is 1.32 bits per heavy atom. The summed E-state index contributed by atoms with van der Waals surface area (Å²) < 4.78 is 0. The molecule has 1 aromatic carbocycles. The fraction of sp³-hybridized carbons (Fsp3) is 0.318. The summed E-state index contributed by atoms with van der Waals surface area (Å²) in [6, 6.07) is 8.32. The Bertz CT molecular complexity index is 696. The highest BCUT2D eigenvalue weighted by molar-refractivity contribution is 5.84. The van der Waals surface area contributed by atoms with Gasteiger partial charge in [-0.15, -0.1) is 0 Å². The van der Waals surface area contributed by atoms with E-state index in [1.807, 2.05) is 43.2 Å². The molecule has 0 unspecified atom stereocenters. The van der Waals surface area contributed by atoms with Gasteiger partial charge in [0.1, 0.15) is 0 Å². The van der Waals surface area contributed by atoms with E-state index in [4.69, 9.17) is 5.11 Å². The molecule has 0 aliphatic heterocycles. The highest BCUT2D eigenvalue weighted by atomic mass is 16.4. The number of carboxylic acid groups (broad SMARTS) is 1. The van der Waals surface area contributed by atoms with Crippen molar-refractivity contribution in [1.29, 1.82) is 0 Å². The highest BCUT2D eigenvalue weighted by Gasteiger charge is 2.11. The molecular weight excluding hydrogens is 310 g/mol. The molecule has 0 bridgehead atoms. The van der Waals surface area contributed by atoms with Gasteiger partial charge in [0.05, 0.1) is 6.54 Å². The largest absolute Gasteiger partial charge is 0.480 e. The van der Waals surface area contributed by atoms with Gasteiger partial charge in [-0.3, -0.25) is 9.69 Å². The third-order valence-electron chi connectivity index (χ3n) is 4.05. The minimum Gasteiger partial charge on any atom is -0.480 e. The lowest BCUT2D eigenvalue weighted by atomic mass is 9.90. The van der Waals surface area contributed by atoms with Gasteiger partial charge in [-0.05, 0) is 62.1 Å². The Labute approximate surface area is 151 Å². The number of nitrogens with zero attached hydrogens (tertiary/aromatic N) is 1. The van der Waals surface area contributed by atoms with Crippen LogP contribution in [0.4, 0.5) is 0 Å². The average Bonchev–Trinajstić information content (AvgIpc) is 2.56. The summed E-state index contributed by atoms with van der Waals surface area (Å²) in [6.07, 6.45) is 8.99. The standard InChI is InChI=1S/C22H29NO2/c1-6-11-19(17(3)7-2)21(20-13-9-8-12-18(20)4)14-10-15-23(5)16-22(24)25/h6-9,11-14H,2,10,15-16H2,1,3-5H3,(H,24,25)/b11-6-,19-17+,21-14+. The fourth-order valence-corrected chi connectivity index (χ4v) is 2.69. The molecule has 25 heavy (non-hydrogen) atoms. The third kappa shape index (κ3) is 6.55. The molecule has 0 fully saturated rings. The highest BCUT2D eigenvalue weighted by Crippen LogP contribution is 2.30. The first-order valence-electron chi connectivity index (χ1n) is 8.53. The van der Waals surface area contributed by atoms with E-state index in [-0.39, 0.29) is 6.54 Å². The van der Waals surface area contributed by atoms with Gasteiger partial charge in [0.15, 0.2) is 0 Å². The summed E-state index contributed by atoms with van der Waals surface area (Å²) in [5, 5.41) is 8.88. The second-order valence-corrected chi connectivity index (χ2v) is 6.15. The van der Waals surface area contributed by atoms with Crippen LogP contribution in [0.2, 0.25) is 0 Å². The monoisotopic (exact) mass is 339 g/mol. The van der Waals surface area contributed by atoms with Crippen molar-refractivity contribution in [2.45, 2.75) is 27.2 Å². The van der Waals surface area contributed by atoms with Crippen molar-refractivity contribution in [1.82, 2.24) is 4.90 Å². The van der Waals surface area contributed by atoms with Crippen LogP contribution in [0.1, 0.15) is 31.4 Å². The molecule has 1 N–H and O–H groups in total. The summed E-state index contributed by atoms with van der Waals surface area (Å²) in [4.78, 5) is 12.6. The number of aliphatic carboxylic acids is 1. The van der Waals surface area contributed by atoms with E-state index in [0.29, 0.717) is 6.54 Å². The lowest BCUT2D eigenvalue weighted by Gasteiger charge is -2.16. The van der Waals surface area contributed by atoms with E-state index in [0.717, 1.165) is 23.1 Å². The molecule has 3 heteroatoms. The number of aryl methyl sites for hydroxylation is 1. The molecule has 0 heterocycles. The van der Waals surface area contributed by atoms with Gasteiger partial charge in [-0.1, -0.05) is 55.1 Å². The quantitative estimate of drug-likeness (QED) is 0.653. The number of hydrogen-bond acceptors (Lipinski definition) is 2. The van der Waals surface area contributed by atoms with Gasteiger partial charge in [0.2, 0.25) is 0 Å². The zero-order valence-electron chi connectivity index (χ0n) is 15.7. The molecular formula is C22H29NO2. The van der Waals surface area contributed by atoms with Gasteiger partial charge < -0.3 is 5.11 Å². The lowest BCUT2D eigenvalue weighted by Crippen LogP contribution is -2.26. The van der Waals surface area contributed by atoms with Crippen LogP contribution in [-0.4, -0.2) is 36.1 Å². The van der Waals surface area contributed by atoms with Crippen molar-refractivity contribution in [2.24, 2.45) is 0 Å². The average molecular weight is 339 g/mol. The SMILES string of the molecule is C=C/C(C)=C(\C=C/C)C(=C\CCN(C)CC(=O)O)/c1ccccc1C. The first-order valence-corrected chi connectivity index (χ1v) is 8.53. The summed E-state index contributed by atoms with van der Waals surface area (Å²) in [7, 11) is 1.83. The van der Waals surface area contributed by atoms with Crippen LogP contribution in [0.15, 0.2) is 66.3 Å². The Morgan fingerprint density at radius 2 is 2.00 bits per heavy atom. The van der Waals surface area contributed by atoms with Crippen molar-refractivity contribution >= 4 is 11.5 Å². The fourth-order valence-electron chi connectivity index (χ4n) is 2.69. The van der Waals surface area contributed by atoms with Crippen LogP contribution in [0, 0.1) is 6.92 Å². The molecule has 0 amide bonds. The van der Waals surface area contributed by atoms with Crippen LogP contribution in [0.3, 0.4) is 0 Å². The normalized spacial score (nSPS) is 13.2. The van der Waals surface area contributed by atoms with Crippen LogP contribution >= 0.6 is 0 Å². The Hall–Kier alpha value is -2.39. The topological polar surface area (TPSA) is 40.5 Å². The van der Waals surface area contributed by atoms with Gasteiger partial charge >= 0.3 is 5.97 Å². The number of hydrogen-bond donors (Lipinski definition) is 1. The predicted octanol–water partition coefficient (Wildman–Crippen LogP) is 4.86. The second-order valence-electron chi connectivity index (χ2n) is 6.15. The molecule has 1 rings (SSSR count). The molecule has 0 saturated heterocycles. The van der Waals surface area contributed by atoms with E-state index in [9.17, 15) is 4.79 Å². The van der Waals surface area contributed by atoms with Crippen molar-refractivity contribution < 1.29 is 9.90 Å². The van der Waals surface area contributed by atoms with Gasteiger partial charge in [0, 0.05) is 6.54 Å². The van der Waals surface area contributed by atoms with E-state index < -0.39 is 5.97 Å². The summed E-state index contributed by atoms with van der Waals surface area (Å²) in [5.74, 6) is -0.803. The summed E-state index contributed by atoms with van der Waals surface area (Å²) in [6.45, 7) is 10.8. The maximum absolute atomic E-state index is 10.8. The van der Waals surface area contributed by atoms with E-state index >= 15 is 0 Å². The minimum absolute atomic E-state index is 0.0524. The summed E-state index contributed by atoms with van der Waals surface area (Å²) in [5.41, 5.74) is 5.83. The number of carbonyl (C=O) groups is 1. The third-order valence-corrected chi connectivity index (χ3v) is 4.05. The van der Waals surface area contributed by atoms with Gasteiger partial charge in [0.25, 0.3) is 0 Å². The molecule has 0 spiro atoms. The van der Waals surface area contributed by atoms with Crippen LogP contribution in [-0.2, 0) is 4.79 Å². The van der Waals surface area contributed by atoms with Gasteiger partial charge in [-0.2, -0.15) is 0 Å². The van der Waals surface area contributed by atoms with E-state index in [1.54, 1.807) is 0 Å². The zero-order chi connectivity index (χ0) is 18.8. The molecule has 0 aliphatic carbocycles. The Balaban J connectivity index is 3.24. The Morgan fingerprint density at radius 3 is 2.56 bits per heavy atom. The smallest absolute Gasteiger partial charge is 0.317 e. The molecule has 0 radical (unpaired) electrons. The second kappa shape index (κ2) is 10.5. The van der Waals surface area contributed by atoms with E-state index in [1.165, 1.54) is 11.1 Å². The number of carboxylic acids is 1. The number of allylic oxidation sites excluding steroid dienone is 6. The Kier molecular flexibility index (Phi) is 8.65. The van der Waals surface area contributed by atoms with Gasteiger partial charge in [-0.25, -0.2) is 0 Å². The molecule has 0 aliphatic rings. The molecule has 0 atom stereocenters. The van der Waals surface area contributed by atoms with Crippen LogP contribution in [0.25, 0.3) is 5.57 Å². The predicted molar refractivity (Wildman–Crippen MR) is 107 cm³/mol. The summed E-state index contributed by atoms with van der Waals surface area (Å²) >= 11 is 0. The van der Waals surface area contributed by atoms with Crippen molar-refractivity contribution in [3.05, 3.63) is 77.4 Å². The van der Waals surface area contributed by atoms with Crippen LogP contribution in [0.5, 0.6) is 0 Å². The maximum Gasteiger partial charge on any atom is 0.317 e. The first kappa shape index (κ1) is 20.7. The van der Waals surface area contributed by atoms with Crippen LogP contribution < -0.4 is 0 Å².